The number of aliphatic carboxylic acids is 1. The summed E-state index contributed by atoms with van der Waals surface area (Å²) >= 11 is 2.84. The molecule has 7 rings (SSSR count). The maximum absolute atomic E-state index is 15.4. The normalized spacial score (nSPS) is 12.7. The molecule has 3 unspecified atom stereocenters. The van der Waals surface area contributed by atoms with E-state index in [0.717, 1.165) is 38.9 Å². The average molecular weight is 1060 g/mol. The molecule has 0 heterocycles. The van der Waals surface area contributed by atoms with E-state index >= 15 is 4.79 Å². The average Bonchev–Trinajstić information content (AvgIpc) is 3.49. The van der Waals surface area contributed by atoms with E-state index in [0.29, 0.717) is 12.5 Å². The van der Waals surface area contributed by atoms with Crippen LogP contribution in [0.25, 0.3) is 0 Å². The first kappa shape index (κ1) is 56.2. The van der Waals surface area contributed by atoms with Gasteiger partial charge in [-0.05, 0) is 44.9 Å². The van der Waals surface area contributed by atoms with Gasteiger partial charge >= 0.3 is 5.97 Å². The Labute approximate surface area is 454 Å². The number of amides is 4. The highest BCUT2D eigenvalue weighted by Crippen LogP contribution is 2.49. The lowest BCUT2D eigenvalue weighted by Gasteiger charge is -2.41. The number of benzene rings is 7. The summed E-state index contributed by atoms with van der Waals surface area (Å²) in [5, 5.41) is 24.5. The van der Waals surface area contributed by atoms with Crippen molar-refractivity contribution in [3.63, 3.8) is 0 Å². The molecule has 392 valence electrons. The van der Waals surface area contributed by atoms with Crippen LogP contribution in [0, 0.1) is 5.92 Å². The van der Waals surface area contributed by atoms with Gasteiger partial charge in [-0.25, -0.2) is 4.79 Å². The molecule has 0 aromatic heterocycles. The van der Waals surface area contributed by atoms with Gasteiger partial charge in [-0.15, -0.1) is 23.5 Å². The Morgan fingerprint density at radius 3 is 1.25 bits per heavy atom. The molecule has 14 heteroatoms. The summed E-state index contributed by atoms with van der Waals surface area (Å²) in [6, 6.07) is 66.4. The van der Waals surface area contributed by atoms with Crippen LogP contribution in [-0.4, -0.2) is 90.0 Å². The summed E-state index contributed by atoms with van der Waals surface area (Å²) in [4.78, 5) is 68.5. The first-order valence-corrected chi connectivity index (χ1v) is 27.4. The van der Waals surface area contributed by atoms with Crippen molar-refractivity contribution >= 4 is 53.1 Å². The van der Waals surface area contributed by atoms with Crippen LogP contribution in [-0.2, 0) is 45.4 Å². The molecule has 0 fully saturated rings. The van der Waals surface area contributed by atoms with Gasteiger partial charge in [0, 0.05) is 24.5 Å². The summed E-state index contributed by atoms with van der Waals surface area (Å²) < 4.78 is 4.73. The Morgan fingerprint density at radius 1 is 0.487 bits per heavy atom. The van der Waals surface area contributed by atoms with E-state index in [1.807, 2.05) is 190 Å². The fraction of sp³-hybridized carbons (Fsp3) is 0.242. The van der Waals surface area contributed by atoms with Crippen LogP contribution in [0.15, 0.2) is 212 Å². The smallest absolute Gasteiger partial charge is 0.327 e. The summed E-state index contributed by atoms with van der Waals surface area (Å²) in [6.45, 7) is 3.50. The zero-order valence-corrected chi connectivity index (χ0v) is 44.3. The molecule has 12 nitrogen and oxygen atoms in total. The fourth-order valence-electron chi connectivity index (χ4n) is 9.05. The molecule has 0 radical (unpaired) electrons. The topological polar surface area (TPSA) is 175 Å². The fourth-order valence-corrected chi connectivity index (χ4v) is 11.4. The zero-order valence-electron chi connectivity index (χ0n) is 42.7. The second-order valence-electron chi connectivity index (χ2n) is 18.6. The van der Waals surface area contributed by atoms with Crippen molar-refractivity contribution in [1.29, 1.82) is 0 Å². The van der Waals surface area contributed by atoms with Crippen molar-refractivity contribution in [3.05, 3.63) is 251 Å². The minimum atomic E-state index is -1.22. The van der Waals surface area contributed by atoms with E-state index < -0.39 is 71.1 Å². The number of hydrogen-bond donors (Lipinski definition) is 6. The summed E-state index contributed by atoms with van der Waals surface area (Å²) in [5.41, 5.74) is 5.36. The molecule has 6 N–H and O–H groups in total. The molecule has 0 saturated heterocycles. The first-order chi connectivity index (χ1) is 37.0. The van der Waals surface area contributed by atoms with Crippen molar-refractivity contribution in [2.45, 2.75) is 48.7 Å². The third-order valence-electron chi connectivity index (χ3n) is 12.7. The van der Waals surface area contributed by atoms with Gasteiger partial charge in [0.25, 0.3) is 0 Å². The zero-order chi connectivity index (χ0) is 53.6. The minimum absolute atomic E-state index is 0.0558. The second-order valence-corrected chi connectivity index (χ2v) is 20.8. The summed E-state index contributed by atoms with van der Waals surface area (Å²) in [6.07, 6.45) is 0.0633. The van der Waals surface area contributed by atoms with Gasteiger partial charge < -0.3 is 31.1 Å². The van der Waals surface area contributed by atoms with Crippen molar-refractivity contribution in [2.24, 2.45) is 5.92 Å². The standard InChI is InChI=1S/C62H65N5O7S2/c1-45(2)41-74-44-75-42-55(60(72)73)66-57(69)40-63-58(70)53(38-46-24-10-3-11-25-46)65-56(68)39-64-59(71)54(67-61(47-26-12-4-13-27-47,48-28-14-5-15-29-48)49-30-16-6-17-31-49)43-76-62(50-32-18-7-19-33-50,51-34-20-8-21-35-51)52-36-22-9-23-37-52/h3-37,45,53-55,67H,38-44H2,1-2H3,(H,63,70)(H,64,71)(H,65,68)(H,66,69)(H,72,73). The van der Waals surface area contributed by atoms with E-state index in [-0.39, 0.29) is 23.9 Å². The van der Waals surface area contributed by atoms with Crippen LogP contribution in [0.1, 0.15) is 52.8 Å². The lowest BCUT2D eigenvalue weighted by atomic mass is 9.76. The number of carboxylic acids is 1. The Hall–Kier alpha value is -7.49. The van der Waals surface area contributed by atoms with Crippen LogP contribution >= 0.6 is 23.5 Å². The van der Waals surface area contributed by atoms with Crippen LogP contribution in [0.4, 0.5) is 0 Å². The molecular formula is C62H65N5O7S2. The number of ether oxygens (including phenoxy) is 1. The Bertz CT molecular complexity index is 2710. The van der Waals surface area contributed by atoms with Gasteiger partial charge in [0.1, 0.15) is 12.1 Å². The third kappa shape index (κ3) is 15.1. The van der Waals surface area contributed by atoms with E-state index in [2.05, 4.69) is 63.0 Å². The van der Waals surface area contributed by atoms with Gasteiger partial charge in [0.05, 0.1) is 35.4 Å². The number of carbonyl (C=O) groups is 5. The highest BCUT2D eigenvalue weighted by Gasteiger charge is 2.43. The highest BCUT2D eigenvalue weighted by atomic mass is 32.2. The number of thioether (sulfide) groups is 2. The highest BCUT2D eigenvalue weighted by molar-refractivity contribution is 8.00. The van der Waals surface area contributed by atoms with Crippen LogP contribution in [0.5, 0.6) is 0 Å². The Morgan fingerprint density at radius 2 is 0.855 bits per heavy atom. The number of nitrogens with one attached hydrogen (secondary N) is 5. The number of carboxylic acid groups (broad SMARTS) is 1. The van der Waals surface area contributed by atoms with Crippen LogP contribution in [0.2, 0.25) is 0 Å². The summed E-state index contributed by atoms with van der Waals surface area (Å²) in [7, 11) is 0. The maximum Gasteiger partial charge on any atom is 0.327 e. The van der Waals surface area contributed by atoms with Crippen LogP contribution in [0.3, 0.4) is 0 Å². The maximum atomic E-state index is 15.4. The number of hydrogen-bond acceptors (Lipinski definition) is 9. The van der Waals surface area contributed by atoms with Crippen molar-refractivity contribution in [3.8, 4) is 0 Å². The Balaban J connectivity index is 1.18. The molecule has 0 saturated carbocycles. The molecule has 76 heavy (non-hydrogen) atoms. The molecule has 0 bridgehead atoms. The minimum Gasteiger partial charge on any atom is -0.480 e. The van der Waals surface area contributed by atoms with Gasteiger partial charge in [-0.2, -0.15) is 0 Å². The SMILES string of the molecule is CC(C)COCSCC(NC(=O)CNC(=O)C(Cc1ccccc1)NC(=O)CNC(=O)C(CSC(c1ccccc1)(c1ccccc1)c1ccccc1)NC(c1ccccc1)(c1ccccc1)c1ccccc1)C(=O)O. The van der Waals surface area contributed by atoms with E-state index in [1.54, 1.807) is 11.8 Å². The second kappa shape index (κ2) is 28.4. The third-order valence-corrected chi connectivity index (χ3v) is 15.2. The van der Waals surface area contributed by atoms with Gasteiger partial charge in [-0.3, -0.25) is 24.5 Å². The van der Waals surface area contributed by atoms with E-state index in [4.69, 9.17) is 4.74 Å². The van der Waals surface area contributed by atoms with Gasteiger partial charge in [0.2, 0.25) is 23.6 Å². The van der Waals surface area contributed by atoms with Gasteiger partial charge in [-0.1, -0.05) is 226 Å². The Kier molecular flexibility index (Phi) is 21.0. The summed E-state index contributed by atoms with van der Waals surface area (Å²) in [5.74, 6) is -2.88. The molecule has 0 aliphatic carbocycles. The predicted octanol–water partition coefficient (Wildman–Crippen LogP) is 8.55. The largest absolute Gasteiger partial charge is 0.480 e. The van der Waals surface area contributed by atoms with Gasteiger partial charge in [0.15, 0.2) is 0 Å². The molecule has 7 aromatic carbocycles. The molecule has 0 aliphatic heterocycles. The van der Waals surface area contributed by atoms with Crippen LogP contribution < -0.4 is 26.6 Å². The molecule has 0 aliphatic rings. The number of rotatable bonds is 28. The molecule has 0 spiro atoms. The molecule has 3 atom stereocenters. The first-order valence-electron chi connectivity index (χ1n) is 25.3. The predicted molar refractivity (Wildman–Crippen MR) is 304 cm³/mol. The van der Waals surface area contributed by atoms with Crippen molar-refractivity contribution in [2.75, 3.05) is 37.1 Å². The lowest BCUT2D eigenvalue weighted by Crippen LogP contribution is -2.58. The monoisotopic (exact) mass is 1060 g/mol. The molecule has 7 aromatic rings. The molecule has 4 amide bonds. The lowest BCUT2D eigenvalue weighted by molar-refractivity contribution is -0.141. The molecular weight excluding hydrogens is 991 g/mol. The van der Waals surface area contributed by atoms with Crippen molar-refractivity contribution < 1.29 is 33.8 Å². The quantitative estimate of drug-likeness (QED) is 0.0159. The van der Waals surface area contributed by atoms with E-state index in [1.165, 1.54) is 11.8 Å². The van der Waals surface area contributed by atoms with E-state index in [9.17, 15) is 24.3 Å². The number of carbonyl (C=O) groups excluding carboxylic acids is 4. The van der Waals surface area contributed by atoms with Crippen molar-refractivity contribution in [1.82, 2.24) is 26.6 Å².